The van der Waals surface area contributed by atoms with Gasteiger partial charge in [0, 0.05) is 6.92 Å². The monoisotopic (exact) mass is 159 g/mol. The van der Waals surface area contributed by atoms with Crippen LogP contribution in [0.5, 0.6) is 0 Å². The quantitative estimate of drug-likeness (QED) is 0.463. The van der Waals surface area contributed by atoms with Crippen molar-refractivity contribution in [2.75, 3.05) is 13.1 Å². The lowest BCUT2D eigenvalue weighted by Gasteiger charge is -2.20. The fourth-order valence-electron chi connectivity index (χ4n) is 1.03. The molecule has 1 saturated heterocycles. The van der Waals surface area contributed by atoms with Crippen molar-refractivity contribution in [3.05, 3.63) is 0 Å². The van der Waals surface area contributed by atoms with Crippen molar-refractivity contribution in [3.63, 3.8) is 0 Å². The van der Waals surface area contributed by atoms with Gasteiger partial charge in [-0.25, -0.2) is 4.79 Å². The topological polar surface area (TPSA) is 47.6 Å². The number of carbonyl (C=O) groups is 1. The van der Waals surface area contributed by atoms with Gasteiger partial charge in [0.25, 0.3) is 0 Å². The Kier molecular flexibility index (Phi) is 3.32. The van der Waals surface area contributed by atoms with Gasteiger partial charge in [0.2, 0.25) is 0 Å². The molecule has 11 heavy (non-hydrogen) atoms. The number of piperidine rings is 1. The van der Waals surface area contributed by atoms with Crippen LogP contribution in [0.1, 0.15) is 19.8 Å². The molecule has 0 radical (unpaired) electrons. The van der Waals surface area contributed by atoms with Gasteiger partial charge in [-0.3, -0.25) is 4.89 Å². The highest BCUT2D eigenvalue weighted by atomic mass is 17.2. The maximum absolute atomic E-state index is 10.3. The minimum Gasteiger partial charge on any atom is -0.317 e. The van der Waals surface area contributed by atoms with E-state index in [0.29, 0.717) is 0 Å². The first-order valence-corrected chi connectivity index (χ1v) is 3.83. The van der Waals surface area contributed by atoms with Crippen molar-refractivity contribution in [1.29, 1.82) is 0 Å². The highest BCUT2D eigenvalue weighted by Gasteiger charge is 2.14. The lowest BCUT2D eigenvalue weighted by molar-refractivity contribution is -0.299. The fraction of sp³-hybridized carbons (Fsp3) is 0.857. The smallest absolute Gasteiger partial charge is 0.317 e. The summed E-state index contributed by atoms with van der Waals surface area (Å²) in [4.78, 5) is 19.6. The van der Waals surface area contributed by atoms with Gasteiger partial charge in [-0.15, -0.1) is 0 Å². The van der Waals surface area contributed by atoms with E-state index in [-0.39, 0.29) is 12.1 Å². The molecule has 0 bridgehead atoms. The third-order valence-electron chi connectivity index (χ3n) is 1.59. The summed E-state index contributed by atoms with van der Waals surface area (Å²) in [7, 11) is 0. The number of nitrogens with one attached hydrogen (secondary N) is 1. The predicted molar refractivity (Wildman–Crippen MR) is 38.7 cm³/mol. The minimum atomic E-state index is -0.386. The summed E-state index contributed by atoms with van der Waals surface area (Å²) in [5.74, 6) is -0.386. The van der Waals surface area contributed by atoms with Crippen LogP contribution in [0, 0.1) is 0 Å². The molecule has 1 heterocycles. The molecule has 4 nitrogen and oxygen atoms in total. The van der Waals surface area contributed by atoms with Crippen LogP contribution in [0.2, 0.25) is 0 Å². The van der Waals surface area contributed by atoms with Crippen molar-refractivity contribution in [2.45, 2.75) is 25.9 Å². The zero-order chi connectivity index (χ0) is 8.10. The number of hydrogen-bond donors (Lipinski definition) is 1. The van der Waals surface area contributed by atoms with Crippen LogP contribution in [0.25, 0.3) is 0 Å². The first kappa shape index (κ1) is 8.49. The molecule has 0 spiro atoms. The number of hydrogen-bond acceptors (Lipinski definition) is 4. The maximum atomic E-state index is 10.3. The average molecular weight is 159 g/mol. The largest absolute Gasteiger partial charge is 0.339 e. The molecular formula is C7H13NO3. The van der Waals surface area contributed by atoms with Gasteiger partial charge in [0.05, 0.1) is 0 Å². The molecule has 1 N–H and O–H groups in total. The third kappa shape index (κ3) is 3.34. The molecular weight excluding hydrogens is 146 g/mol. The molecule has 0 amide bonds. The van der Waals surface area contributed by atoms with Crippen LogP contribution in [-0.4, -0.2) is 25.2 Å². The SMILES string of the molecule is CC(=O)OOC1CCNCC1. The normalized spacial score (nSPS) is 19.7. The average Bonchev–Trinajstić information content (AvgIpc) is 2.03. The molecule has 4 heteroatoms. The molecule has 0 aromatic rings. The molecule has 0 aliphatic carbocycles. The van der Waals surface area contributed by atoms with Crippen LogP contribution in [-0.2, 0) is 14.6 Å². The maximum Gasteiger partial charge on any atom is 0.339 e. The lowest BCUT2D eigenvalue weighted by atomic mass is 10.1. The summed E-state index contributed by atoms with van der Waals surface area (Å²) in [6.07, 6.45) is 1.90. The number of carbonyl (C=O) groups excluding carboxylic acids is 1. The Morgan fingerprint density at radius 3 is 2.64 bits per heavy atom. The summed E-state index contributed by atoms with van der Waals surface area (Å²) in [5, 5.41) is 3.18. The van der Waals surface area contributed by atoms with Crippen molar-refractivity contribution < 1.29 is 14.6 Å². The summed E-state index contributed by atoms with van der Waals surface area (Å²) in [6, 6.07) is 0. The summed E-state index contributed by atoms with van der Waals surface area (Å²) in [5.41, 5.74) is 0. The lowest BCUT2D eigenvalue weighted by Crippen LogP contribution is -2.32. The van der Waals surface area contributed by atoms with Crippen molar-refractivity contribution in [3.8, 4) is 0 Å². The second kappa shape index (κ2) is 4.31. The van der Waals surface area contributed by atoms with Gasteiger partial charge < -0.3 is 5.32 Å². The number of rotatable bonds is 2. The standard InChI is InChI=1S/C7H13NO3/c1-6(9)10-11-7-2-4-8-5-3-7/h7-8H,2-5H2,1H3. The molecule has 0 atom stereocenters. The van der Waals surface area contributed by atoms with E-state index in [0.717, 1.165) is 25.9 Å². The Labute approximate surface area is 65.8 Å². The van der Waals surface area contributed by atoms with Gasteiger partial charge in [-0.05, 0) is 25.9 Å². The first-order chi connectivity index (χ1) is 5.29. The van der Waals surface area contributed by atoms with E-state index in [2.05, 4.69) is 10.2 Å². The van der Waals surface area contributed by atoms with Gasteiger partial charge >= 0.3 is 5.97 Å². The predicted octanol–water partition coefficient (Wildman–Crippen LogP) is 0.233. The van der Waals surface area contributed by atoms with Crippen molar-refractivity contribution >= 4 is 5.97 Å². The van der Waals surface area contributed by atoms with E-state index in [1.54, 1.807) is 0 Å². The zero-order valence-electron chi connectivity index (χ0n) is 6.63. The summed E-state index contributed by atoms with van der Waals surface area (Å²) < 4.78 is 0. The molecule has 1 rings (SSSR count). The van der Waals surface area contributed by atoms with Crippen LogP contribution >= 0.6 is 0 Å². The molecule has 1 aliphatic rings. The van der Waals surface area contributed by atoms with Gasteiger partial charge in [0.15, 0.2) is 0 Å². The summed E-state index contributed by atoms with van der Waals surface area (Å²) in [6.45, 7) is 3.21. The van der Waals surface area contributed by atoms with Crippen molar-refractivity contribution in [2.24, 2.45) is 0 Å². The molecule has 1 aliphatic heterocycles. The highest BCUT2D eigenvalue weighted by Crippen LogP contribution is 2.06. The Hall–Kier alpha value is -0.610. The molecule has 0 unspecified atom stereocenters. The molecule has 1 fully saturated rings. The highest BCUT2D eigenvalue weighted by molar-refractivity contribution is 5.65. The van der Waals surface area contributed by atoms with E-state index in [4.69, 9.17) is 4.89 Å². The Morgan fingerprint density at radius 1 is 1.45 bits per heavy atom. The molecule has 0 saturated carbocycles. The Balaban J connectivity index is 2.09. The van der Waals surface area contributed by atoms with E-state index >= 15 is 0 Å². The van der Waals surface area contributed by atoms with Crippen LogP contribution < -0.4 is 5.32 Å². The van der Waals surface area contributed by atoms with E-state index < -0.39 is 0 Å². The summed E-state index contributed by atoms with van der Waals surface area (Å²) >= 11 is 0. The van der Waals surface area contributed by atoms with E-state index in [1.165, 1.54) is 6.92 Å². The fourth-order valence-corrected chi connectivity index (χ4v) is 1.03. The van der Waals surface area contributed by atoms with E-state index in [1.807, 2.05) is 0 Å². The molecule has 64 valence electrons. The molecule has 0 aromatic carbocycles. The Bertz CT molecular complexity index is 132. The third-order valence-corrected chi connectivity index (χ3v) is 1.59. The second-order valence-corrected chi connectivity index (χ2v) is 2.62. The van der Waals surface area contributed by atoms with Gasteiger partial charge in [-0.2, -0.15) is 4.89 Å². The minimum absolute atomic E-state index is 0.0835. The second-order valence-electron chi connectivity index (χ2n) is 2.62. The van der Waals surface area contributed by atoms with Gasteiger partial charge in [-0.1, -0.05) is 0 Å². The van der Waals surface area contributed by atoms with Crippen molar-refractivity contribution in [1.82, 2.24) is 5.32 Å². The first-order valence-electron chi connectivity index (χ1n) is 3.83. The van der Waals surface area contributed by atoms with Crippen LogP contribution in [0.4, 0.5) is 0 Å². The molecule has 0 aromatic heterocycles. The van der Waals surface area contributed by atoms with Crippen LogP contribution in [0.3, 0.4) is 0 Å². The van der Waals surface area contributed by atoms with Crippen LogP contribution in [0.15, 0.2) is 0 Å². The van der Waals surface area contributed by atoms with Gasteiger partial charge in [0.1, 0.15) is 6.10 Å². The Morgan fingerprint density at radius 2 is 2.09 bits per heavy atom. The van der Waals surface area contributed by atoms with E-state index in [9.17, 15) is 4.79 Å². The zero-order valence-corrected chi connectivity index (χ0v) is 6.63.